The predicted octanol–water partition coefficient (Wildman–Crippen LogP) is 2.34. The Kier molecular flexibility index (Phi) is 4.70. The van der Waals surface area contributed by atoms with Gasteiger partial charge in [0.1, 0.15) is 17.3 Å². The van der Waals surface area contributed by atoms with E-state index in [0.717, 1.165) is 6.07 Å². The molecular weight excluding hydrogens is 290 g/mol. The molecule has 7 heteroatoms. The topological polar surface area (TPSA) is 112 Å². The van der Waals surface area contributed by atoms with Crippen LogP contribution in [0.25, 0.3) is 11.8 Å². The molecule has 0 fully saturated rings. The number of aromatic hydroxyl groups is 2. The molecule has 1 aromatic heterocycles. The molecule has 22 heavy (non-hydrogen) atoms. The largest absolute Gasteiger partial charge is 0.508 e. The number of hydrogen-bond acceptors (Lipinski definition) is 7. The molecular formula is C15H15NO6. The standard InChI is InChI=1S/C15H15NO6/c1-2-21-15(19)14-6-4-10(22-14)8-12(16-20)11-5-3-9(17)7-13(11)18/h3-8,16-18,20H,2H2,1H3/b12-8-. The first-order chi connectivity index (χ1) is 10.5. The van der Waals surface area contributed by atoms with Gasteiger partial charge in [-0.05, 0) is 31.2 Å². The average Bonchev–Trinajstić information content (AvgIpc) is 2.94. The first-order valence-electron chi connectivity index (χ1n) is 6.46. The van der Waals surface area contributed by atoms with Crippen LogP contribution in [0.15, 0.2) is 34.7 Å². The highest BCUT2D eigenvalue weighted by Crippen LogP contribution is 2.28. The van der Waals surface area contributed by atoms with Crippen LogP contribution in [-0.4, -0.2) is 28.0 Å². The average molecular weight is 305 g/mol. The fraction of sp³-hybridized carbons (Fsp3) is 0.133. The summed E-state index contributed by atoms with van der Waals surface area (Å²) in [5.74, 6) is -0.633. The molecule has 0 atom stereocenters. The number of carbonyl (C=O) groups excluding carboxylic acids is 1. The second-order valence-electron chi connectivity index (χ2n) is 4.29. The number of phenolic OH excluding ortho intramolecular Hbond substituents is 2. The third-order valence-electron chi connectivity index (χ3n) is 2.78. The molecule has 116 valence electrons. The van der Waals surface area contributed by atoms with E-state index >= 15 is 0 Å². The summed E-state index contributed by atoms with van der Waals surface area (Å²) < 4.78 is 10.1. The fourth-order valence-electron chi connectivity index (χ4n) is 1.80. The van der Waals surface area contributed by atoms with E-state index in [4.69, 9.17) is 9.15 Å². The van der Waals surface area contributed by atoms with E-state index in [1.807, 2.05) is 5.48 Å². The Morgan fingerprint density at radius 3 is 2.73 bits per heavy atom. The molecule has 0 aliphatic heterocycles. The van der Waals surface area contributed by atoms with Crippen LogP contribution < -0.4 is 5.48 Å². The Morgan fingerprint density at radius 2 is 2.09 bits per heavy atom. The van der Waals surface area contributed by atoms with Crippen LogP contribution in [0, 0.1) is 0 Å². The Morgan fingerprint density at radius 1 is 1.32 bits per heavy atom. The van der Waals surface area contributed by atoms with Crippen LogP contribution in [0.5, 0.6) is 11.5 Å². The van der Waals surface area contributed by atoms with Crippen molar-refractivity contribution in [1.82, 2.24) is 5.48 Å². The van der Waals surface area contributed by atoms with Crippen molar-refractivity contribution in [2.75, 3.05) is 6.61 Å². The Hall–Kier alpha value is -2.93. The quantitative estimate of drug-likeness (QED) is 0.495. The van der Waals surface area contributed by atoms with Crippen LogP contribution >= 0.6 is 0 Å². The third kappa shape index (κ3) is 3.39. The molecule has 0 amide bonds. The van der Waals surface area contributed by atoms with E-state index in [1.165, 1.54) is 30.3 Å². The lowest BCUT2D eigenvalue weighted by atomic mass is 10.1. The van der Waals surface area contributed by atoms with Gasteiger partial charge in [0, 0.05) is 17.7 Å². The van der Waals surface area contributed by atoms with Crippen LogP contribution in [0.2, 0.25) is 0 Å². The van der Waals surface area contributed by atoms with E-state index in [1.54, 1.807) is 6.92 Å². The SMILES string of the molecule is CCOC(=O)c1ccc(/C=C(\NO)c2ccc(O)cc2O)o1. The molecule has 1 aromatic carbocycles. The lowest BCUT2D eigenvalue weighted by Gasteiger charge is -2.08. The number of nitrogens with one attached hydrogen (secondary N) is 1. The zero-order valence-corrected chi connectivity index (χ0v) is 11.7. The first kappa shape index (κ1) is 15.5. The Bertz CT molecular complexity index is 704. The normalized spacial score (nSPS) is 11.3. The van der Waals surface area contributed by atoms with E-state index in [0.29, 0.717) is 0 Å². The summed E-state index contributed by atoms with van der Waals surface area (Å²) in [6.07, 6.45) is 1.38. The van der Waals surface area contributed by atoms with E-state index < -0.39 is 5.97 Å². The number of ether oxygens (including phenoxy) is 1. The molecule has 0 aliphatic carbocycles. The van der Waals surface area contributed by atoms with Crippen LogP contribution in [-0.2, 0) is 4.74 Å². The molecule has 0 aliphatic rings. The minimum atomic E-state index is -0.590. The van der Waals surface area contributed by atoms with Gasteiger partial charge in [0.25, 0.3) is 0 Å². The van der Waals surface area contributed by atoms with Crippen LogP contribution in [0.1, 0.15) is 28.8 Å². The number of rotatable bonds is 5. The van der Waals surface area contributed by atoms with E-state index in [9.17, 15) is 20.2 Å². The van der Waals surface area contributed by atoms with Crippen molar-refractivity contribution in [2.24, 2.45) is 0 Å². The maximum Gasteiger partial charge on any atom is 0.374 e. The second kappa shape index (κ2) is 6.68. The summed E-state index contributed by atoms with van der Waals surface area (Å²) in [6.45, 7) is 1.92. The predicted molar refractivity (Wildman–Crippen MR) is 77.2 cm³/mol. The fourth-order valence-corrected chi connectivity index (χ4v) is 1.80. The summed E-state index contributed by atoms with van der Waals surface area (Å²) in [7, 11) is 0. The summed E-state index contributed by atoms with van der Waals surface area (Å²) in [5.41, 5.74) is 2.31. The number of benzene rings is 1. The molecule has 0 spiro atoms. The van der Waals surface area contributed by atoms with Gasteiger partial charge in [-0.1, -0.05) is 0 Å². The second-order valence-corrected chi connectivity index (χ2v) is 4.29. The maximum atomic E-state index is 11.5. The molecule has 2 rings (SSSR count). The van der Waals surface area contributed by atoms with Crippen molar-refractivity contribution in [3.8, 4) is 11.5 Å². The highest BCUT2D eigenvalue weighted by atomic mass is 16.5. The van der Waals surface area contributed by atoms with Gasteiger partial charge in [0.15, 0.2) is 0 Å². The minimum Gasteiger partial charge on any atom is -0.508 e. The molecule has 1 heterocycles. The molecule has 0 saturated heterocycles. The van der Waals surface area contributed by atoms with Gasteiger partial charge < -0.3 is 19.4 Å². The van der Waals surface area contributed by atoms with Crippen molar-refractivity contribution in [2.45, 2.75) is 6.92 Å². The van der Waals surface area contributed by atoms with E-state index in [-0.39, 0.29) is 40.9 Å². The molecule has 0 bridgehead atoms. The van der Waals surface area contributed by atoms with Crippen LogP contribution in [0.3, 0.4) is 0 Å². The summed E-state index contributed by atoms with van der Waals surface area (Å²) >= 11 is 0. The van der Waals surface area contributed by atoms with Crippen molar-refractivity contribution in [3.05, 3.63) is 47.4 Å². The Labute approximate surface area is 126 Å². The van der Waals surface area contributed by atoms with Gasteiger partial charge in [-0.25, -0.2) is 4.79 Å². The number of hydrogen-bond donors (Lipinski definition) is 4. The summed E-state index contributed by atoms with van der Waals surface area (Å²) in [6, 6.07) is 6.85. The van der Waals surface area contributed by atoms with Crippen molar-refractivity contribution in [1.29, 1.82) is 0 Å². The number of hydroxylamine groups is 1. The number of carbonyl (C=O) groups is 1. The van der Waals surface area contributed by atoms with Crippen LogP contribution in [0.4, 0.5) is 0 Å². The zero-order valence-electron chi connectivity index (χ0n) is 11.7. The number of furan rings is 1. The zero-order chi connectivity index (χ0) is 16.1. The van der Waals surface area contributed by atoms with Gasteiger partial charge >= 0.3 is 5.97 Å². The van der Waals surface area contributed by atoms with Crippen molar-refractivity contribution in [3.63, 3.8) is 0 Å². The number of phenols is 2. The molecule has 0 radical (unpaired) electrons. The highest BCUT2D eigenvalue weighted by molar-refractivity contribution is 5.87. The van der Waals surface area contributed by atoms with Gasteiger partial charge in [-0.2, -0.15) is 0 Å². The molecule has 2 aromatic rings. The maximum absolute atomic E-state index is 11.5. The molecule has 4 N–H and O–H groups in total. The summed E-state index contributed by atoms with van der Waals surface area (Å²) in [4.78, 5) is 11.5. The van der Waals surface area contributed by atoms with Crippen molar-refractivity contribution < 1.29 is 29.4 Å². The summed E-state index contributed by atoms with van der Waals surface area (Å²) in [5, 5.41) is 28.3. The monoisotopic (exact) mass is 305 g/mol. The van der Waals surface area contributed by atoms with Gasteiger partial charge in [0.2, 0.25) is 5.76 Å². The minimum absolute atomic E-state index is 0.0281. The first-order valence-corrected chi connectivity index (χ1v) is 6.46. The van der Waals surface area contributed by atoms with Gasteiger partial charge in [-0.3, -0.25) is 10.7 Å². The smallest absolute Gasteiger partial charge is 0.374 e. The van der Waals surface area contributed by atoms with Gasteiger partial charge in [0.05, 0.1) is 12.3 Å². The van der Waals surface area contributed by atoms with Gasteiger partial charge in [-0.15, -0.1) is 0 Å². The Balaban J connectivity index is 2.31. The number of esters is 1. The molecule has 0 saturated carbocycles. The van der Waals surface area contributed by atoms with Crippen molar-refractivity contribution >= 4 is 17.7 Å². The molecule has 0 unspecified atom stereocenters. The highest BCUT2D eigenvalue weighted by Gasteiger charge is 2.13. The lowest BCUT2D eigenvalue weighted by molar-refractivity contribution is 0.0489. The van der Waals surface area contributed by atoms with E-state index in [2.05, 4.69) is 0 Å². The lowest BCUT2D eigenvalue weighted by Crippen LogP contribution is -2.05. The third-order valence-corrected chi connectivity index (χ3v) is 2.78. The molecule has 7 nitrogen and oxygen atoms in total.